The Bertz CT molecular complexity index is 460. The van der Waals surface area contributed by atoms with Crippen molar-refractivity contribution >= 4 is 0 Å². The Kier molecular flexibility index (Phi) is 5.89. The Hall–Kier alpha value is -1.04. The SMILES string of the molecule is COC(O[C@@H]1O[C@H](CO)[C@@H](O)[C@H](O)[C@H]1O)c1ccc(CO)o1. The van der Waals surface area contributed by atoms with Gasteiger partial charge in [-0.1, -0.05) is 0 Å². The molecule has 0 aliphatic carbocycles. The van der Waals surface area contributed by atoms with E-state index < -0.39 is 43.6 Å². The minimum Gasteiger partial charge on any atom is -0.458 e. The van der Waals surface area contributed by atoms with Gasteiger partial charge in [-0.25, -0.2) is 0 Å². The van der Waals surface area contributed by atoms with E-state index in [1.165, 1.54) is 19.2 Å². The van der Waals surface area contributed by atoms with Gasteiger partial charge in [-0.15, -0.1) is 0 Å². The number of rotatable bonds is 6. The summed E-state index contributed by atoms with van der Waals surface area (Å²) in [6.45, 7) is -0.853. The molecule has 126 valence electrons. The Balaban J connectivity index is 2.09. The molecule has 6 atom stereocenters. The molecule has 9 heteroatoms. The molecule has 0 saturated carbocycles. The number of furan rings is 1. The Morgan fingerprint density at radius 2 is 1.86 bits per heavy atom. The fourth-order valence-electron chi connectivity index (χ4n) is 2.15. The van der Waals surface area contributed by atoms with E-state index in [0.717, 1.165) is 0 Å². The van der Waals surface area contributed by atoms with Crippen molar-refractivity contribution < 1.29 is 44.2 Å². The summed E-state index contributed by atoms with van der Waals surface area (Å²) in [5.74, 6) is 0.526. The van der Waals surface area contributed by atoms with E-state index in [-0.39, 0.29) is 12.4 Å². The van der Waals surface area contributed by atoms with E-state index in [9.17, 15) is 15.3 Å². The first-order chi connectivity index (χ1) is 10.5. The molecular weight excluding hydrogens is 300 g/mol. The van der Waals surface area contributed by atoms with Crippen LogP contribution < -0.4 is 0 Å². The molecule has 0 bridgehead atoms. The van der Waals surface area contributed by atoms with Crippen LogP contribution >= 0.6 is 0 Å². The van der Waals surface area contributed by atoms with Gasteiger partial charge in [-0.05, 0) is 12.1 Å². The quantitative estimate of drug-likeness (QED) is 0.385. The number of hydrogen-bond donors (Lipinski definition) is 5. The van der Waals surface area contributed by atoms with Gasteiger partial charge in [-0.3, -0.25) is 0 Å². The highest BCUT2D eigenvalue weighted by atomic mass is 16.8. The number of aliphatic hydroxyl groups excluding tert-OH is 5. The highest BCUT2D eigenvalue weighted by Gasteiger charge is 2.45. The van der Waals surface area contributed by atoms with Crippen LogP contribution in [0.15, 0.2) is 16.5 Å². The maximum absolute atomic E-state index is 9.90. The first-order valence-electron chi connectivity index (χ1n) is 6.70. The second kappa shape index (κ2) is 7.49. The van der Waals surface area contributed by atoms with E-state index in [0.29, 0.717) is 5.76 Å². The van der Waals surface area contributed by atoms with Gasteiger partial charge in [0.25, 0.3) is 0 Å². The van der Waals surface area contributed by atoms with Gasteiger partial charge in [0.1, 0.15) is 36.8 Å². The summed E-state index contributed by atoms with van der Waals surface area (Å²) in [5, 5.41) is 47.4. The fraction of sp³-hybridized carbons (Fsp3) is 0.692. The van der Waals surface area contributed by atoms with Crippen molar-refractivity contribution in [1.82, 2.24) is 0 Å². The van der Waals surface area contributed by atoms with E-state index in [1.54, 1.807) is 0 Å². The molecule has 1 aromatic heterocycles. The third-order valence-corrected chi connectivity index (χ3v) is 3.39. The lowest BCUT2D eigenvalue weighted by Crippen LogP contribution is -2.59. The molecule has 2 heterocycles. The summed E-state index contributed by atoms with van der Waals surface area (Å²) >= 11 is 0. The molecule has 2 rings (SSSR count). The third kappa shape index (κ3) is 3.47. The molecule has 1 aromatic rings. The third-order valence-electron chi connectivity index (χ3n) is 3.39. The number of methoxy groups -OCH3 is 1. The summed E-state index contributed by atoms with van der Waals surface area (Å²) in [6, 6.07) is 3.04. The van der Waals surface area contributed by atoms with E-state index in [4.69, 9.17) is 28.8 Å². The average Bonchev–Trinajstić information content (AvgIpc) is 3.01. The van der Waals surface area contributed by atoms with Crippen molar-refractivity contribution in [1.29, 1.82) is 0 Å². The lowest BCUT2D eigenvalue weighted by molar-refractivity contribution is -0.339. The minimum atomic E-state index is -1.54. The second-order valence-corrected chi connectivity index (χ2v) is 4.86. The molecule has 1 fully saturated rings. The summed E-state index contributed by atoms with van der Waals surface area (Å²) in [6.07, 6.45) is -8.04. The fourth-order valence-corrected chi connectivity index (χ4v) is 2.15. The number of ether oxygens (including phenoxy) is 3. The van der Waals surface area contributed by atoms with E-state index >= 15 is 0 Å². The van der Waals surface area contributed by atoms with Gasteiger partial charge in [0.2, 0.25) is 6.29 Å². The molecule has 22 heavy (non-hydrogen) atoms. The molecule has 1 aliphatic heterocycles. The molecule has 1 aliphatic rings. The van der Waals surface area contributed by atoms with Crippen molar-refractivity contribution in [2.45, 2.75) is 43.6 Å². The smallest absolute Gasteiger partial charge is 0.219 e. The van der Waals surface area contributed by atoms with Crippen molar-refractivity contribution in [2.24, 2.45) is 0 Å². The lowest BCUT2D eigenvalue weighted by Gasteiger charge is -2.40. The number of hydrogen-bond acceptors (Lipinski definition) is 9. The van der Waals surface area contributed by atoms with Crippen LogP contribution in [-0.4, -0.2) is 70.0 Å². The zero-order valence-electron chi connectivity index (χ0n) is 11.9. The van der Waals surface area contributed by atoms with Crippen molar-refractivity contribution in [3.63, 3.8) is 0 Å². The van der Waals surface area contributed by atoms with E-state index in [1.807, 2.05) is 0 Å². The maximum atomic E-state index is 9.90. The van der Waals surface area contributed by atoms with Crippen LogP contribution in [-0.2, 0) is 20.8 Å². The zero-order valence-corrected chi connectivity index (χ0v) is 11.9. The standard InChI is InChI=1S/C13H20O9/c1-19-12(7-3-2-6(4-14)20-7)22-13-11(18)10(17)9(16)8(5-15)21-13/h2-3,8-18H,4-5H2,1H3/t8-,9-,10+,11-,12?,13+/m1/s1. The van der Waals surface area contributed by atoms with Crippen molar-refractivity contribution in [3.8, 4) is 0 Å². The minimum absolute atomic E-state index is 0.225. The molecule has 0 spiro atoms. The molecule has 0 amide bonds. The Morgan fingerprint density at radius 1 is 1.14 bits per heavy atom. The summed E-state index contributed by atoms with van der Waals surface area (Å²) in [7, 11) is 1.33. The Labute approximate surface area is 126 Å². The first-order valence-corrected chi connectivity index (χ1v) is 6.70. The monoisotopic (exact) mass is 320 g/mol. The van der Waals surface area contributed by atoms with Gasteiger partial charge < -0.3 is 44.2 Å². The molecule has 0 aromatic carbocycles. The van der Waals surface area contributed by atoms with Crippen LogP contribution in [0.5, 0.6) is 0 Å². The summed E-state index contributed by atoms with van der Waals surface area (Å²) in [4.78, 5) is 0. The van der Waals surface area contributed by atoms with Crippen LogP contribution in [0.3, 0.4) is 0 Å². The van der Waals surface area contributed by atoms with Crippen molar-refractivity contribution in [3.05, 3.63) is 23.7 Å². The highest BCUT2D eigenvalue weighted by molar-refractivity contribution is 5.07. The maximum Gasteiger partial charge on any atom is 0.219 e. The zero-order chi connectivity index (χ0) is 16.3. The summed E-state index contributed by atoms with van der Waals surface area (Å²) in [5.41, 5.74) is 0. The predicted molar refractivity (Wildman–Crippen MR) is 69.2 cm³/mol. The first kappa shape index (κ1) is 17.3. The van der Waals surface area contributed by atoms with Gasteiger partial charge >= 0.3 is 0 Å². The summed E-state index contributed by atoms with van der Waals surface area (Å²) < 4.78 is 21.0. The normalized spacial score (nSPS) is 33.8. The second-order valence-electron chi connectivity index (χ2n) is 4.86. The molecular formula is C13H20O9. The van der Waals surface area contributed by atoms with Crippen LogP contribution in [0.25, 0.3) is 0 Å². The van der Waals surface area contributed by atoms with Crippen LogP contribution in [0.4, 0.5) is 0 Å². The Morgan fingerprint density at radius 3 is 2.41 bits per heavy atom. The molecule has 5 N–H and O–H groups in total. The molecule has 1 unspecified atom stereocenters. The number of aliphatic hydroxyl groups is 5. The molecule has 1 saturated heterocycles. The van der Waals surface area contributed by atoms with Gasteiger partial charge in [-0.2, -0.15) is 0 Å². The molecule has 9 nitrogen and oxygen atoms in total. The van der Waals surface area contributed by atoms with Crippen LogP contribution in [0.1, 0.15) is 17.8 Å². The lowest BCUT2D eigenvalue weighted by atomic mass is 9.99. The topological polar surface area (TPSA) is 142 Å². The van der Waals surface area contributed by atoms with Crippen molar-refractivity contribution in [2.75, 3.05) is 13.7 Å². The van der Waals surface area contributed by atoms with E-state index in [2.05, 4.69) is 0 Å². The largest absolute Gasteiger partial charge is 0.458 e. The van der Waals surface area contributed by atoms with Gasteiger partial charge in [0.05, 0.1) is 6.61 Å². The van der Waals surface area contributed by atoms with Gasteiger partial charge in [0.15, 0.2) is 12.1 Å². The van der Waals surface area contributed by atoms with Gasteiger partial charge in [0, 0.05) is 7.11 Å². The van der Waals surface area contributed by atoms with Crippen LogP contribution in [0, 0.1) is 0 Å². The average molecular weight is 320 g/mol. The molecule has 0 radical (unpaired) electrons. The predicted octanol–water partition coefficient (Wildman–Crippen LogP) is -1.77. The highest BCUT2D eigenvalue weighted by Crippen LogP contribution is 2.28. The van der Waals surface area contributed by atoms with Crippen LogP contribution in [0.2, 0.25) is 0 Å².